The molecule has 0 rings (SSSR count). The molecular formula is C13H18F2N2. The van der Waals surface area contributed by atoms with E-state index in [1.807, 2.05) is 13.8 Å². The zero-order valence-corrected chi connectivity index (χ0v) is 10.4. The van der Waals surface area contributed by atoms with E-state index in [1.165, 1.54) is 12.2 Å². The Hall–Kier alpha value is -1.63. The number of alkyl halides is 2. The fourth-order valence-electron chi connectivity index (χ4n) is 1.15. The summed E-state index contributed by atoms with van der Waals surface area (Å²) in [4.78, 5) is 0. The molecule has 0 saturated carbocycles. The SMILES string of the molecule is C=C(C#N)/C(=C\C=C(\N)C(C)CC)C(C)(F)F. The van der Waals surface area contributed by atoms with Gasteiger partial charge in [0.2, 0.25) is 0 Å². The van der Waals surface area contributed by atoms with Gasteiger partial charge in [-0.05, 0) is 18.4 Å². The molecule has 0 amide bonds. The highest BCUT2D eigenvalue weighted by Crippen LogP contribution is 2.28. The molecule has 0 aromatic rings. The molecule has 0 spiro atoms. The van der Waals surface area contributed by atoms with Gasteiger partial charge >= 0.3 is 0 Å². The van der Waals surface area contributed by atoms with E-state index < -0.39 is 11.5 Å². The van der Waals surface area contributed by atoms with Gasteiger partial charge in [0, 0.05) is 18.2 Å². The van der Waals surface area contributed by atoms with Crippen LogP contribution in [0.3, 0.4) is 0 Å². The van der Waals surface area contributed by atoms with Crippen molar-refractivity contribution in [3.8, 4) is 6.07 Å². The van der Waals surface area contributed by atoms with Gasteiger partial charge in [0.15, 0.2) is 0 Å². The number of nitriles is 1. The Morgan fingerprint density at radius 1 is 1.53 bits per heavy atom. The molecule has 0 radical (unpaired) electrons. The van der Waals surface area contributed by atoms with Crippen molar-refractivity contribution in [2.75, 3.05) is 0 Å². The lowest BCUT2D eigenvalue weighted by molar-refractivity contribution is 0.0666. The zero-order valence-electron chi connectivity index (χ0n) is 10.4. The van der Waals surface area contributed by atoms with Gasteiger partial charge in [0.1, 0.15) is 0 Å². The second-order valence-electron chi connectivity index (χ2n) is 4.04. The summed E-state index contributed by atoms with van der Waals surface area (Å²) in [7, 11) is 0. The zero-order chi connectivity index (χ0) is 13.6. The summed E-state index contributed by atoms with van der Waals surface area (Å²) >= 11 is 0. The third kappa shape index (κ3) is 4.81. The molecule has 0 fully saturated rings. The van der Waals surface area contributed by atoms with E-state index >= 15 is 0 Å². The number of rotatable bonds is 5. The second-order valence-corrected chi connectivity index (χ2v) is 4.04. The molecule has 0 saturated heterocycles. The summed E-state index contributed by atoms with van der Waals surface area (Å²) < 4.78 is 26.4. The van der Waals surface area contributed by atoms with Crippen molar-refractivity contribution in [1.82, 2.24) is 0 Å². The Labute approximate surface area is 101 Å². The maximum Gasteiger partial charge on any atom is 0.271 e. The summed E-state index contributed by atoms with van der Waals surface area (Å²) in [6.07, 6.45) is 3.42. The molecule has 0 heterocycles. The lowest BCUT2D eigenvalue weighted by Crippen LogP contribution is -2.15. The molecular weight excluding hydrogens is 222 g/mol. The predicted molar refractivity (Wildman–Crippen MR) is 65.2 cm³/mol. The average Bonchev–Trinajstić information content (AvgIpc) is 2.25. The van der Waals surface area contributed by atoms with E-state index in [1.54, 1.807) is 6.07 Å². The largest absolute Gasteiger partial charge is 0.402 e. The van der Waals surface area contributed by atoms with Crippen molar-refractivity contribution in [1.29, 1.82) is 5.26 Å². The van der Waals surface area contributed by atoms with Gasteiger partial charge in [-0.2, -0.15) is 5.26 Å². The van der Waals surface area contributed by atoms with Gasteiger partial charge < -0.3 is 5.73 Å². The van der Waals surface area contributed by atoms with Crippen LogP contribution in [0.5, 0.6) is 0 Å². The number of halogens is 2. The third-order valence-electron chi connectivity index (χ3n) is 2.56. The second kappa shape index (κ2) is 6.19. The molecule has 0 aliphatic carbocycles. The fraction of sp³-hybridized carbons (Fsp3) is 0.462. The molecule has 1 atom stereocenters. The standard InChI is InChI=1S/C13H18F2N2/c1-5-9(2)12(17)7-6-11(10(3)8-16)13(4,14)15/h6-7,9H,3,5,17H2,1-2,4H3/b11-6+,12-7+. The Bertz CT molecular complexity index is 381. The van der Waals surface area contributed by atoms with Crippen LogP contribution >= 0.6 is 0 Å². The lowest BCUT2D eigenvalue weighted by Gasteiger charge is -2.13. The molecule has 4 heteroatoms. The molecule has 2 N–H and O–H groups in total. The molecule has 2 nitrogen and oxygen atoms in total. The smallest absolute Gasteiger partial charge is 0.271 e. The summed E-state index contributed by atoms with van der Waals surface area (Å²) in [6.45, 7) is 7.90. The van der Waals surface area contributed by atoms with Crippen molar-refractivity contribution in [2.45, 2.75) is 33.1 Å². The first-order valence-corrected chi connectivity index (χ1v) is 5.39. The van der Waals surface area contributed by atoms with Crippen LogP contribution in [-0.4, -0.2) is 5.92 Å². The summed E-state index contributed by atoms with van der Waals surface area (Å²) in [5.41, 5.74) is 5.59. The van der Waals surface area contributed by atoms with Crippen LogP contribution in [-0.2, 0) is 0 Å². The first-order chi connectivity index (χ1) is 7.73. The van der Waals surface area contributed by atoms with Crippen molar-refractivity contribution in [2.24, 2.45) is 11.7 Å². The van der Waals surface area contributed by atoms with Gasteiger partial charge in [-0.1, -0.05) is 26.5 Å². The number of hydrogen-bond acceptors (Lipinski definition) is 2. The minimum atomic E-state index is -3.10. The van der Waals surface area contributed by atoms with Gasteiger partial charge in [0.25, 0.3) is 5.92 Å². The van der Waals surface area contributed by atoms with Crippen molar-refractivity contribution in [3.05, 3.63) is 35.6 Å². The molecule has 0 bridgehead atoms. The van der Waals surface area contributed by atoms with E-state index in [0.717, 1.165) is 13.3 Å². The fourth-order valence-corrected chi connectivity index (χ4v) is 1.15. The topological polar surface area (TPSA) is 49.8 Å². The summed E-state index contributed by atoms with van der Waals surface area (Å²) in [5.74, 6) is -2.98. The predicted octanol–water partition coefficient (Wildman–Crippen LogP) is 3.54. The molecule has 0 aliphatic heterocycles. The lowest BCUT2D eigenvalue weighted by atomic mass is 10.0. The molecule has 0 aromatic heterocycles. The first kappa shape index (κ1) is 15.4. The van der Waals surface area contributed by atoms with Crippen molar-refractivity contribution >= 4 is 0 Å². The highest BCUT2D eigenvalue weighted by atomic mass is 19.3. The molecule has 0 aromatic carbocycles. The van der Waals surface area contributed by atoms with Crippen LogP contribution in [0, 0.1) is 17.2 Å². The van der Waals surface area contributed by atoms with Gasteiger partial charge in [-0.3, -0.25) is 0 Å². The normalized spacial score (nSPS) is 15.3. The third-order valence-corrected chi connectivity index (χ3v) is 2.56. The molecule has 94 valence electrons. The van der Waals surface area contributed by atoms with Crippen molar-refractivity contribution < 1.29 is 8.78 Å². The molecule has 1 unspecified atom stereocenters. The maximum atomic E-state index is 13.2. The highest BCUT2D eigenvalue weighted by molar-refractivity contribution is 5.45. The number of allylic oxidation sites excluding steroid dienone is 5. The van der Waals surface area contributed by atoms with E-state index in [2.05, 4.69) is 6.58 Å². The highest BCUT2D eigenvalue weighted by Gasteiger charge is 2.29. The number of hydrogen-bond donors (Lipinski definition) is 1. The van der Waals surface area contributed by atoms with Crippen LogP contribution < -0.4 is 5.73 Å². The van der Waals surface area contributed by atoms with E-state index in [-0.39, 0.29) is 11.5 Å². The van der Waals surface area contributed by atoms with Gasteiger partial charge in [-0.15, -0.1) is 0 Å². The van der Waals surface area contributed by atoms with E-state index in [0.29, 0.717) is 5.70 Å². The Morgan fingerprint density at radius 3 is 2.41 bits per heavy atom. The van der Waals surface area contributed by atoms with Crippen molar-refractivity contribution in [3.63, 3.8) is 0 Å². The Morgan fingerprint density at radius 2 is 2.06 bits per heavy atom. The van der Waals surface area contributed by atoms with Crippen LogP contribution in [0.25, 0.3) is 0 Å². The Kier molecular flexibility index (Phi) is 5.60. The summed E-state index contributed by atoms with van der Waals surface area (Å²) in [6, 6.07) is 1.63. The Balaban J connectivity index is 5.24. The van der Waals surface area contributed by atoms with Gasteiger partial charge in [-0.25, -0.2) is 8.78 Å². The average molecular weight is 240 g/mol. The molecule has 17 heavy (non-hydrogen) atoms. The van der Waals surface area contributed by atoms with E-state index in [9.17, 15) is 8.78 Å². The van der Waals surface area contributed by atoms with Gasteiger partial charge in [0.05, 0.1) is 11.6 Å². The quantitative estimate of drug-likeness (QED) is 0.590. The number of nitrogens with zero attached hydrogens (tertiary/aromatic N) is 1. The van der Waals surface area contributed by atoms with Crippen LogP contribution in [0.4, 0.5) is 8.78 Å². The maximum absolute atomic E-state index is 13.2. The minimum Gasteiger partial charge on any atom is -0.402 e. The first-order valence-electron chi connectivity index (χ1n) is 5.39. The van der Waals surface area contributed by atoms with Crippen LogP contribution in [0.15, 0.2) is 35.6 Å². The van der Waals surface area contributed by atoms with Crippen LogP contribution in [0.2, 0.25) is 0 Å². The molecule has 0 aliphatic rings. The summed E-state index contributed by atoms with van der Waals surface area (Å²) in [5, 5.41) is 8.61. The van der Waals surface area contributed by atoms with Crippen LogP contribution in [0.1, 0.15) is 27.2 Å². The van der Waals surface area contributed by atoms with E-state index in [4.69, 9.17) is 11.0 Å². The number of nitrogens with two attached hydrogens (primary N) is 1. The monoisotopic (exact) mass is 240 g/mol. The minimum absolute atomic E-state index is 0.119.